The van der Waals surface area contributed by atoms with Crippen molar-refractivity contribution in [3.05, 3.63) is 41.5 Å². The van der Waals surface area contributed by atoms with Gasteiger partial charge in [-0.1, -0.05) is 0 Å². The maximum absolute atomic E-state index is 13.3. The summed E-state index contributed by atoms with van der Waals surface area (Å²) in [7, 11) is 0. The molecule has 142 valence electrons. The van der Waals surface area contributed by atoms with Crippen molar-refractivity contribution in [3.63, 3.8) is 0 Å². The first-order chi connectivity index (χ1) is 12.9. The van der Waals surface area contributed by atoms with Crippen molar-refractivity contribution in [2.75, 3.05) is 16.8 Å². The Hall–Kier alpha value is -2.84. The van der Waals surface area contributed by atoms with E-state index in [2.05, 4.69) is 10.4 Å². The number of nitrogens with zero attached hydrogens (tertiary/aromatic N) is 3. The summed E-state index contributed by atoms with van der Waals surface area (Å²) in [6.45, 7) is 1.13. The quantitative estimate of drug-likeness (QED) is 0.835. The molecule has 2 aliphatic heterocycles. The first-order valence-electron chi connectivity index (χ1n) is 8.74. The van der Waals surface area contributed by atoms with Crippen LogP contribution in [-0.4, -0.2) is 28.1 Å². The van der Waals surface area contributed by atoms with Crippen LogP contribution in [0.3, 0.4) is 0 Å². The molecule has 2 aliphatic rings. The first kappa shape index (κ1) is 17.6. The summed E-state index contributed by atoms with van der Waals surface area (Å²) in [5.41, 5.74) is 1.38. The number of benzene rings is 1. The average Bonchev–Trinajstić information content (AvgIpc) is 3.24. The van der Waals surface area contributed by atoms with Crippen LogP contribution in [0.15, 0.2) is 18.3 Å². The molecule has 1 aromatic heterocycles. The molecule has 0 saturated carbocycles. The molecule has 1 unspecified atom stereocenters. The third-order valence-electron chi connectivity index (χ3n) is 5.04. The fourth-order valence-electron chi connectivity index (χ4n) is 3.64. The lowest BCUT2D eigenvalue weighted by atomic mass is 9.94. The average molecular weight is 378 g/mol. The predicted octanol–water partition coefficient (Wildman–Crippen LogP) is 2.63. The van der Waals surface area contributed by atoms with Gasteiger partial charge in [0.05, 0.1) is 17.6 Å². The van der Waals surface area contributed by atoms with Gasteiger partial charge in [0.25, 0.3) is 0 Å². The van der Waals surface area contributed by atoms with Gasteiger partial charge >= 0.3 is 0 Å². The molecule has 4 rings (SSSR count). The van der Waals surface area contributed by atoms with E-state index >= 15 is 0 Å². The zero-order valence-electron chi connectivity index (χ0n) is 14.3. The van der Waals surface area contributed by atoms with E-state index in [1.807, 2.05) is 0 Å². The molecule has 27 heavy (non-hydrogen) atoms. The summed E-state index contributed by atoms with van der Waals surface area (Å²) in [4.78, 5) is 26.2. The van der Waals surface area contributed by atoms with Gasteiger partial charge in [0.15, 0.2) is 17.5 Å². The Bertz CT molecular complexity index is 904. The van der Waals surface area contributed by atoms with Gasteiger partial charge in [-0.2, -0.15) is 5.10 Å². The molecule has 0 spiro atoms. The van der Waals surface area contributed by atoms with Crippen LogP contribution in [0, 0.1) is 23.4 Å². The second-order valence-electron chi connectivity index (χ2n) is 6.78. The number of fused-ring (bicyclic) bond motifs is 1. The van der Waals surface area contributed by atoms with Gasteiger partial charge in [-0.15, -0.1) is 0 Å². The molecule has 1 saturated heterocycles. The van der Waals surface area contributed by atoms with E-state index in [-0.39, 0.29) is 11.6 Å². The van der Waals surface area contributed by atoms with Crippen LogP contribution in [-0.2, 0) is 22.6 Å². The van der Waals surface area contributed by atoms with E-state index in [0.717, 1.165) is 24.2 Å². The van der Waals surface area contributed by atoms with E-state index in [1.165, 1.54) is 0 Å². The second kappa shape index (κ2) is 6.71. The summed E-state index contributed by atoms with van der Waals surface area (Å²) >= 11 is 0. The minimum Gasteiger partial charge on any atom is -0.326 e. The molecule has 0 radical (unpaired) electrons. The lowest BCUT2D eigenvalue weighted by Gasteiger charge is -2.25. The van der Waals surface area contributed by atoms with Crippen molar-refractivity contribution < 1.29 is 22.8 Å². The topological polar surface area (TPSA) is 67.2 Å². The van der Waals surface area contributed by atoms with Gasteiger partial charge in [0.2, 0.25) is 11.8 Å². The largest absolute Gasteiger partial charge is 0.326 e. The van der Waals surface area contributed by atoms with Crippen molar-refractivity contribution in [1.82, 2.24) is 9.78 Å². The summed E-state index contributed by atoms with van der Waals surface area (Å²) in [6.07, 6.45) is 3.78. The molecule has 0 bridgehead atoms. The Kier molecular flexibility index (Phi) is 4.37. The highest BCUT2D eigenvalue weighted by molar-refractivity contribution is 5.96. The summed E-state index contributed by atoms with van der Waals surface area (Å²) in [5, 5.41) is 6.74. The monoisotopic (exact) mass is 378 g/mol. The van der Waals surface area contributed by atoms with Crippen molar-refractivity contribution in [3.8, 4) is 0 Å². The number of carbonyl (C=O) groups is 2. The lowest BCUT2D eigenvalue weighted by molar-refractivity contribution is -0.120. The minimum absolute atomic E-state index is 0.0367. The number of halogens is 3. The van der Waals surface area contributed by atoms with E-state index in [1.54, 1.807) is 15.8 Å². The SMILES string of the molecule is O=C(Nc1cc(F)c(F)c(F)c1)C1CCn2ncc(N3CCCC3=O)c2C1. The number of aromatic nitrogens is 2. The number of hydrogen-bond acceptors (Lipinski definition) is 3. The maximum atomic E-state index is 13.3. The minimum atomic E-state index is -1.57. The van der Waals surface area contributed by atoms with E-state index in [4.69, 9.17) is 0 Å². The van der Waals surface area contributed by atoms with E-state index in [9.17, 15) is 22.8 Å². The molecule has 0 aliphatic carbocycles. The van der Waals surface area contributed by atoms with Crippen molar-refractivity contribution in [2.24, 2.45) is 5.92 Å². The Morgan fingerprint density at radius 2 is 1.93 bits per heavy atom. The van der Waals surface area contributed by atoms with Gasteiger partial charge < -0.3 is 10.2 Å². The molecule has 3 heterocycles. The highest BCUT2D eigenvalue weighted by Gasteiger charge is 2.32. The molecule has 6 nitrogen and oxygen atoms in total. The summed E-state index contributed by atoms with van der Waals surface area (Å²) in [6, 6.07) is 1.50. The van der Waals surface area contributed by atoms with Gasteiger partial charge in [0.1, 0.15) is 0 Å². The number of amides is 2. The summed E-state index contributed by atoms with van der Waals surface area (Å²) < 4.78 is 41.5. The normalized spacial score (nSPS) is 19.3. The van der Waals surface area contributed by atoms with Gasteiger partial charge in [-0.3, -0.25) is 14.3 Å². The van der Waals surface area contributed by atoms with Crippen molar-refractivity contribution >= 4 is 23.2 Å². The molecular formula is C18H17F3N4O2. The van der Waals surface area contributed by atoms with Crippen LogP contribution < -0.4 is 10.2 Å². The molecule has 1 aromatic carbocycles. The fraction of sp³-hybridized carbons (Fsp3) is 0.389. The second-order valence-corrected chi connectivity index (χ2v) is 6.78. The smallest absolute Gasteiger partial charge is 0.227 e. The highest BCUT2D eigenvalue weighted by Crippen LogP contribution is 2.31. The third kappa shape index (κ3) is 3.17. The number of aryl methyl sites for hydroxylation is 1. The molecule has 1 atom stereocenters. The van der Waals surface area contributed by atoms with Crippen LogP contribution in [0.25, 0.3) is 0 Å². The number of hydrogen-bond donors (Lipinski definition) is 1. The number of nitrogens with one attached hydrogen (secondary N) is 1. The number of anilines is 2. The molecule has 2 amide bonds. The zero-order chi connectivity index (χ0) is 19.1. The van der Waals surface area contributed by atoms with Crippen molar-refractivity contribution in [1.29, 1.82) is 0 Å². The maximum Gasteiger partial charge on any atom is 0.227 e. The van der Waals surface area contributed by atoms with Crippen LogP contribution >= 0.6 is 0 Å². The Labute approximate surface area is 152 Å². The van der Waals surface area contributed by atoms with Crippen LogP contribution in [0.2, 0.25) is 0 Å². The number of carbonyl (C=O) groups excluding carboxylic acids is 2. The Morgan fingerprint density at radius 3 is 2.59 bits per heavy atom. The predicted molar refractivity (Wildman–Crippen MR) is 90.6 cm³/mol. The van der Waals surface area contributed by atoms with Gasteiger partial charge in [-0.25, -0.2) is 13.2 Å². The standard InChI is InChI=1S/C18H17F3N4O2/c19-12-7-11(8-13(20)17(12)21)23-18(27)10-3-5-25-14(6-10)15(9-22-25)24-4-1-2-16(24)26/h7-10H,1-6H2,(H,23,27). The zero-order valence-corrected chi connectivity index (χ0v) is 14.3. The lowest BCUT2D eigenvalue weighted by Crippen LogP contribution is -2.32. The number of rotatable bonds is 3. The van der Waals surface area contributed by atoms with E-state index < -0.39 is 29.3 Å². The highest BCUT2D eigenvalue weighted by atomic mass is 19.2. The van der Waals surface area contributed by atoms with Crippen LogP contribution in [0.4, 0.5) is 24.5 Å². The molecular weight excluding hydrogens is 361 g/mol. The van der Waals surface area contributed by atoms with Crippen LogP contribution in [0.1, 0.15) is 25.0 Å². The third-order valence-corrected chi connectivity index (χ3v) is 5.04. The Morgan fingerprint density at radius 1 is 1.19 bits per heavy atom. The summed E-state index contributed by atoms with van der Waals surface area (Å²) in [5.74, 6) is -5.11. The molecule has 1 N–H and O–H groups in total. The fourth-order valence-corrected chi connectivity index (χ4v) is 3.64. The molecule has 1 fully saturated rings. The van der Waals surface area contributed by atoms with Gasteiger partial charge in [-0.05, 0) is 12.8 Å². The van der Waals surface area contributed by atoms with Gasteiger partial charge in [0, 0.05) is 49.7 Å². The van der Waals surface area contributed by atoms with E-state index in [0.29, 0.717) is 38.0 Å². The van der Waals surface area contributed by atoms with Crippen molar-refractivity contribution in [2.45, 2.75) is 32.2 Å². The molecule has 9 heteroatoms. The molecule has 2 aromatic rings. The van der Waals surface area contributed by atoms with Crippen LogP contribution in [0.5, 0.6) is 0 Å². The first-order valence-corrected chi connectivity index (χ1v) is 8.74. The Balaban J connectivity index is 1.51.